The number of carboxylic acids is 1. The predicted molar refractivity (Wildman–Crippen MR) is 212 cm³/mol. The first-order valence-corrected chi connectivity index (χ1v) is 18.7. The van der Waals surface area contributed by atoms with Crippen molar-refractivity contribution in [3.05, 3.63) is 148 Å². The summed E-state index contributed by atoms with van der Waals surface area (Å²) in [6, 6.07) is 25.3. The SMILES string of the molecule is CCCc1ccc(C2CC=C(c3cnc(-c4ccc(CN(CC(=O)O)C(=O)c5ccc(NC(=O)Cc6ccc(OC)cc6C(F)(F)F)cc5)cc4)nc3)CC2)cc1. The van der Waals surface area contributed by atoms with Crippen molar-refractivity contribution in [2.75, 3.05) is 19.0 Å². The summed E-state index contributed by atoms with van der Waals surface area (Å²) in [5.41, 5.74) is 5.68. The summed E-state index contributed by atoms with van der Waals surface area (Å²) in [5.74, 6) is -1.38. The van der Waals surface area contributed by atoms with Gasteiger partial charge in [-0.3, -0.25) is 14.4 Å². The van der Waals surface area contributed by atoms with Gasteiger partial charge in [0.2, 0.25) is 5.91 Å². The number of aromatic nitrogens is 2. The van der Waals surface area contributed by atoms with Crippen LogP contribution in [0, 0.1) is 0 Å². The van der Waals surface area contributed by atoms with Crippen molar-refractivity contribution in [2.24, 2.45) is 0 Å². The molecule has 0 bridgehead atoms. The Morgan fingerprint density at radius 3 is 2.18 bits per heavy atom. The van der Waals surface area contributed by atoms with Crippen LogP contribution in [-0.2, 0) is 35.2 Å². The number of anilines is 1. The third-order valence-electron chi connectivity index (χ3n) is 10.0. The van der Waals surface area contributed by atoms with E-state index in [1.165, 1.54) is 65.1 Å². The van der Waals surface area contributed by atoms with Crippen LogP contribution in [0.4, 0.5) is 18.9 Å². The molecule has 0 saturated heterocycles. The van der Waals surface area contributed by atoms with E-state index in [2.05, 4.69) is 52.5 Å². The normalized spacial score (nSPS) is 14.1. The molecule has 1 unspecified atom stereocenters. The van der Waals surface area contributed by atoms with Gasteiger partial charge in [0.1, 0.15) is 12.3 Å². The Bertz CT molecular complexity index is 2220. The number of hydrogen-bond acceptors (Lipinski definition) is 6. The number of carboxylic acid groups (broad SMARTS) is 1. The molecule has 2 amide bonds. The second-order valence-electron chi connectivity index (χ2n) is 14.1. The minimum Gasteiger partial charge on any atom is -0.497 e. The number of carbonyl (C=O) groups excluding carboxylic acids is 2. The molecular formula is C45H43F3N4O5. The predicted octanol–water partition coefficient (Wildman–Crippen LogP) is 9.38. The van der Waals surface area contributed by atoms with Crippen LogP contribution in [-0.4, -0.2) is 51.4 Å². The van der Waals surface area contributed by atoms with Crippen LogP contribution in [0.5, 0.6) is 5.75 Å². The number of halogens is 3. The highest BCUT2D eigenvalue weighted by molar-refractivity contribution is 5.97. The van der Waals surface area contributed by atoms with Crippen LogP contribution in [0.25, 0.3) is 17.0 Å². The molecule has 57 heavy (non-hydrogen) atoms. The molecule has 1 heterocycles. The van der Waals surface area contributed by atoms with E-state index in [0.717, 1.165) is 49.3 Å². The van der Waals surface area contributed by atoms with E-state index in [1.54, 1.807) is 12.1 Å². The highest BCUT2D eigenvalue weighted by Crippen LogP contribution is 2.37. The summed E-state index contributed by atoms with van der Waals surface area (Å²) in [7, 11) is 1.25. The molecule has 0 saturated carbocycles. The number of ether oxygens (including phenoxy) is 1. The molecule has 5 aromatic rings. The lowest BCUT2D eigenvalue weighted by molar-refractivity contribution is -0.139. The first-order chi connectivity index (χ1) is 27.4. The molecule has 0 fully saturated rings. The number of rotatable bonds is 14. The number of benzene rings is 4. The van der Waals surface area contributed by atoms with Gasteiger partial charge in [0, 0.05) is 41.3 Å². The molecule has 0 aliphatic heterocycles. The molecule has 0 radical (unpaired) electrons. The summed E-state index contributed by atoms with van der Waals surface area (Å²) in [5, 5.41) is 12.1. The van der Waals surface area contributed by atoms with Crippen LogP contribution in [0.2, 0.25) is 0 Å². The Morgan fingerprint density at radius 1 is 0.895 bits per heavy atom. The number of nitrogens with one attached hydrogen (secondary N) is 1. The minimum absolute atomic E-state index is 0.00509. The van der Waals surface area contributed by atoms with Crippen LogP contribution in [0.3, 0.4) is 0 Å². The van der Waals surface area contributed by atoms with Crippen molar-refractivity contribution in [3.8, 4) is 17.1 Å². The van der Waals surface area contributed by atoms with Crippen LogP contribution in [0.1, 0.15) is 82.3 Å². The Labute approximate surface area is 329 Å². The monoisotopic (exact) mass is 776 g/mol. The number of aliphatic carboxylic acids is 1. The van der Waals surface area contributed by atoms with Crippen LogP contribution < -0.4 is 10.1 Å². The second-order valence-corrected chi connectivity index (χ2v) is 14.1. The number of nitrogens with zero attached hydrogens (tertiary/aromatic N) is 3. The van der Waals surface area contributed by atoms with Gasteiger partial charge < -0.3 is 20.1 Å². The van der Waals surface area contributed by atoms with E-state index in [9.17, 15) is 32.7 Å². The summed E-state index contributed by atoms with van der Waals surface area (Å²) >= 11 is 0. The largest absolute Gasteiger partial charge is 0.497 e. The number of carbonyl (C=O) groups is 3. The number of aryl methyl sites for hydroxylation is 1. The number of methoxy groups -OCH3 is 1. The lowest BCUT2D eigenvalue weighted by Gasteiger charge is -2.22. The number of alkyl halides is 3. The quantitative estimate of drug-likeness (QED) is 0.115. The topological polar surface area (TPSA) is 122 Å². The zero-order valence-corrected chi connectivity index (χ0v) is 31.7. The van der Waals surface area contributed by atoms with Gasteiger partial charge >= 0.3 is 12.1 Å². The summed E-state index contributed by atoms with van der Waals surface area (Å²) in [4.78, 5) is 48.3. The molecular weight excluding hydrogens is 734 g/mol. The van der Waals surface area contributed by atoms with Gasteiger partial charge in [-0.05, 0) is 95.8 Å². The van der Waals surface area contributed by atoms with Gasteiger partial charge in [0.25, 0.3) is 5.91 Å². The van der Waals surface area contributed by atoms with E-state index in [1.807, 2.05) is 24.5 Å². The second kappa shape index (κ2) is 18.1. The molecule has 2 N–H and O–H groups in total. The Morgan fingerprint density at radius 2 is 1.58 bits per heavy atom. The van der Waals surface area contributed by atoms with Crippen LogP contribution in [0.15, 0.2) is 109 Å². The third kappa shape index (κ3) is 10.5. The molecule has 9 nitrogen and oxygen atoms in total. The van der Waals surface area contributed by atoms with Crippen molar-refractivity contribution in [1.29, 1.82) is 0 Å². The van der Waals surface area contributed by atoms with Crippen molar-refractivity contribution in [2.45, 2.75) is 64.1 Å². The van der Waals surface area contributed by atoms with E-state index in [4.69, 9.17) is 4.74 Å². The number of amides is 2. The van der Waals surface area contributed by atoms with Gasteiger partial charge in [-0.25, -0.2) is 9.97 Å². The Kier molecular flexibility index (Phi) is 12.8. The van der Waals surface area contributed by atoms with Crippen molar-refractivity contribution in [3.63, 3.8) is 0 Å². The standard InChI is InChI=1S/C45H43F3N4O5/c1-3-4-29-5-9-31(10-6-29)32-13-15-33(16-14-32)37-25-49-43(50-26-37)34-11-7-30(8-12-34)27-52(28-42(54)55)44(56)35-17-20-38(21-18-35)51-41(53)23-36-19-22-39(57-2)24-40(36)45(46,47)48/h5-12,15,17-22,24-26,32H,3-4,13-14,16,23,27-28H2,1-2H3,(H,51,53)(H,54,55). The molecule has 294 valence electrons. The molecule has 0 spiro atoms. The number of hydrogen-bond donors (Lipinski definition) is 2. The molecule has 1 atom stereocenters. The molecule has 6 rings (SSSR count). The summed E-state index contributed by atoms with van der Waals surface area (Å²) in [6.45, 7) is 1.64. The first-order valence-electron chi connectivity index (χ1n) is 18.7. The molecule has 4 aromatic carbocycles. The van der Waals surface area contributed by atoms with E-state index < -0.39 is 42.5 Å². The summed E-state index contributed by atoms with van der Waals surface area (Å²) < 4.78 is 45.7. The van der Waals surface area contributed by atoms with Gasteiger partial charge in [0.05, 0.1) is 19.1 Å². The van der Waals surface area contributed by atoms with Crippen molar-refractivity contribution < 1.29 is 37.4 Å². The molecule has 12 heteroatoms. The van der Waals surface area contributed by atoms with E-state index >= 15 is 0 Å². The summed E-state index contributed by atoms with van der Waals surface area (Å²) in [6.07, 6.45) is 5.98. The fourth-order valence-electron chi connectivity index (χ4n) is 6.99. The smallest absolute Gasteiger partial charge is 0.416 e. The fraction of sp³-hybridized carbons (Fsp3) is 0.267. The molecule has 1 aromatic heterocycles. The van der Waals surface area contributed by atoms with E-state index in [0.29, 0.717) is 17.3 Å². The highest BCUT2D eigenvalue weighted by atomic mass is 19.4. The minimum atomic E-state index is -4.68. The van der Waals surface area contributed by atoms with Crippen LogP contribution >= 0.6 is 0 Å². The Balaban J connectivity index is 1.05. The average Bonchev–Trinajstić information content (AvgIpc) is 3.21. The zero-order valence-electron chi connectivity index (χ0n) is 31.7. The maximum Gasteiger partial charge on any atom is 0.416 e. The zero-order chi connectivity index (χ0) is 40.5. The lowest BCUT2D eigenvalue weighted by atomic mass is 9.83. The van der Waals surface area contributed by atoms with Gasteiger partial charge in [-0.2, -0.15) is 13.2 Å². The van der Waals surface area contributed by atoms with Crippen molar-refractivity contribution in [1.82, 2.24) is 14.9 Å². The Hall–Kier alpha value is -6.30. The first kappa shape index (κ1) is 40.4. The highest BCUT2D eigenvalue weighted by Gasteiger charge is 2.34. The number of allylic oxidation sites excluding steroid dienone is 2. The molecule has 1 aliphatic carbocycles. The van der Waals surface area contributed by atoms with Gasteiger partial charge in [-0.1, -0.05) is 74.0 Å². The maximum atomic E-state index is 13.6. The lowest BCUT2D eigenvalue weighted by Crippen LogP contribution is -2.35. The fourth-order valence-corrected chi connectivity index (χ4v) is 6.99. The van der Waals surface area contributed by atoms with Gasteiger partial charge in [-0.15, -0.1) is 0 Å². The van der Waals surface area contributed by atoms with Crippen molar-refractivity contribution >= 4 is 29.0 Å². The maximum absolute atomic E-state index is 13.6. The average molecular weight is 777 g/mol. The van der Waals surface area contributed by atoms with Gasteiger partial charge in [0.15, 0.2) is 5.82 Å². The van der Waals surface area contributed by atoms with E-state index in [-0.39, 0.29) is 29.1 Å². The third-order valence-corrected chi connectivity index (χ3v) is 10.0. The molecule has 1 aliphatic rings.